The number of ether oxygens (including phenoxy) is 2. The smallest absolute Gasteiger partial charge is 0.118 e. The standard InChI is InChI=1S/C16H26N2O2/c1-19-11-9-17-12-15-4-3-10-18(15)13-14-5-7-16(20-2)8-6-14/h5-8,15,17H,3-4,9-13H2,1-2H3. The molecule has 1 aromatic carbocycles. The third-order valence-electron chi connectivity index (χ3n) is 3.91. The van der Waals surface area contributed by atoms with E-state index >= 15 is 0 Å². The highest BCUT2D eigenvalue weighted by molar-refractivity contribution is 5.27. The average Bonchev–Trinajstić information content (AvgIpc) is 2.92. The summed E-state index contributed by atoms with van der Waals surface area (Å²) >= 11 is 0. The summed E-state index contributed by atoms with van der Waals surface area (Å²) in [4.78, 5) is 2.57. The fraction of sp³-hybridized carbons (Fsp3) is 0.625. The number of likely N-dealkylation sites (tertiary alicyclic amines) is 1. The maximum absolute atomic E-state index is 5.20. The molecule has 0 radical (unpaired) electrons. The van der Waals surface area contributed by atoms with Crippen molar-refractivity contribution in [3.63, 3.8) is 0 Å². The van der Waals surface area contributed by atoms with Gasteiger partial charge in [0, 0.05) is 32.8 Å². The van der Waals surface area contributed by atoms with Crippen molar-refractivity contribution >= 4 is 0 Å². The molecule has 1 atom stereocenters. The van der Waals surface area contributed by atoms with Crippen molar-refractivity contribution in [2.24, 2.45) is 0 Å². The van der Waals surface area contributed by atoms with Gasteiger partial charge in [-0.1, -0.05) is 12.1 Å². The number of methoxy groups -OCH3 is 2. The van der Waals surface area contributed by atoms with Crippen molar-refractivity contribution in [3.8, 4) is 5.75 Å². The number of hydrogen-bond acceptors (Lipinski definition) is 4. The molecule has 0 aliphatic carbocycles. The normalized spacial score (nSPS) is 19.4. The maximum Gasteiger partial charge on any atom is 0.118 e. The topological polar surface area (TPSA) is 33.7 Å². The predicted octanol–water partition coefficient (Wildman–Crippen LogP) is 1.90. The first-order valence-electron chi connectivity index (χ1n) is 7.40. The van der Waals surface area contributed by atoms with Gasteiger partial charge in [-0.3, -0.25) is 4.90 Å². The quantitative estimate of drug-likeness (QED) is 0.736. The Morgan fingerprint density at radius 2 is 2.05 bits per heavy atom. The molecule has 0 spiro atoms. The fourth-order valence-corrected chi connectivity index (χ4v) is 2.74. The minimum Gasteiger partial charge on any atom is -0.497 e. The van der Waals surface area contributed by atoms with E-state index in [1.807, 2.05) is 12.1 Å². The van der Waals surface area contributed by atoms with Crippen LogP contribution in [0.25, 0.3) is 0 Å². The van der Waals surface area contributed by atoms with E-state index in [4.69, 9.17) is 9.47 Å². The van der Waals surface area contributed by atoms with Crippen LogP contribution in [0.4, 0.5) is 0 Å². The Morgan fingerprint density at radius 1 is 1.25 bits per heavy atom. The summed E-state index contributed by atoms with van der Waals surface area (Å²) in [7, 11) is 3.45. The molecule has 4 heteroatoms. The van der Waals surface area contributed by atoms with Crippen molar-refractivity contribution in [1.82, 2.24) is 10.2 Å². The zero-order chi connectivity index (χ0) is 14.2. The van der Waals surface area contributed by atoms with Crippen LogP contribution in [-0.4, -0.2) is 51.4 Å². The lowest BCUT2D eigenvalue weighted by Crippen LogP contribution is -2.38. The van der Waals surface area contributed by atoms with Crippen LogP contribution >= 0.6 is 0 Å². The largest absolute Gasteiger partial charge is 0.497 e. The van der Waals surface area contributed by atoms with Gasteiger partial charge < -0.3 is 14.8 Å². The van der Waals surface area contributed by atoms with E-state index in [2.05, 4.69) is 22.3 Å². The number of benzene rings is 1. The van der Waals surface area contributed by atoms with Crippen LogP contribution in [0.3, 0.4) is 0 Å². The molecule has 2 rings (SSSR count). The molecule has 20 heavy (non-hydrogen) atoms. The van der Waals surface area contributed by atoms with Gasteiger partial charge in [0.2, 0.25) is 0 Å². The highest BCUT2D eigenvalue weighted by Gasteiger charge is 2.23. The lowest BCUT2D eigenvalue weighted by molar-refractivity contribution is 0.191. The van der Waals surface area contributed by atoms with Gasteiger partial charge in [-0.15, -0.1) is 0 Å². The highest BCUT2D eigenvalue weighted by atomic mass is 16.5. The summed E-state index contributed by atoms with van der Waals surface area (Å²) < 4.78 is 10.3. The van der Waals surface area contributed by atoms with Crippen LogP contribution in [-0.2, 0) is 11.3 Å². The number of nitrogens with zero attached hydrogens (tertiary/aromatic N) is 1. The molecule has 1 N–H and O–H groups in total. The van der Waals surface area contributed by atoms with E-state index in [1.54, 1.807) is 14.2 Å². The predicted molar refractivity (Wildman–Crippen MR) is 81.2 cm³/mol. The summed E-state index contributed by atoms with van der Waals surface area (Å²) in [6.07, 6.45) is 2.59. The Kier molecular flexibility index (Phi) is 6.30. The lowest BCUT2D eigenvalue weighted by Gasteiger charge is -2.25. The van der Waals surface area contributed by atoms with Gasteiger partial charge in [-0.2, -0.15) is 0 Å². The number of nitrogens with one attached hydrogen (secondary N) is 1. The van der Waals surface area contributed by atoms with E-state index in [0.29, 0.717) is 6.04 Å². The van der Waals surface area contributed by atoms with E-state index in [0.717, 1.165) is 32.0 Å². The first-order chi connectivity index (χ1) is 9.83. The molecule has 1 aromatic rings. The second-order valence-electron chi connectivity index (χ2n) is 5.31. The third-order valence-corrected chi connectivity index (χ3v) is 3.91. The summed E-state index contributed by atoms with van der Waals surface area (Å²) in [5, 5.41) is 3.48. The van der Waals surface area contributed by atoms with E-state index in [9.17, 15) is 0 Å². The second kappa shape index (κ2) is 8.25. The Morgan fingerprint density at radius 3 is 2.75 bits per heavy atom. The van der Waals surface area contributed by atoms with Gasteiger partial charge in [-0.05, 0) is 37.1 Å². The first-order valence-corrected chi connectivity index (χ1v) is 7.40. The molecule has 1 unspecified atom stereocenters. The monoisotopic (exact) mass is 278 g/mol. The Balaban J connectivity index is 1.80. The summed E-state index contributed by atoms with van der Waals surface area (Å²) in [5.41, 5.74) is 1.36. The van der Waals surface area contributed by atoms with Crippen LogP contribution in [0.2, 0.25) is 0 Å². The molecule has 1 fully saturated rings. The molecular weight excluding hydrogens is 252 g/mol. The number of rotatable bonds is 8. The Bertz CT molecular complexity index is 381. The molecule has 0 saturated carbocycles. The summed E-state index contributed by atoms with van der Waals surface area (Å²) in [6.45, 7) is 5.00. The van der Waals surface area contributed by atoms with Crippen LogP contribution in [0.1, 0.15) is 18.4 Å². The minimum absolute atomic E-state index is 0.647. The zero-order valence-electron chi connectivity index (χ0n) is 12.6. The second-order valence-corrected chi connectivity index (χ2v) is 5.31. The number of hydrogen-bond donors (Lipinski definition) is 1. The zero-order valence-corrected chi connectivity index (χ0v) is 12.6. The van der Waals surface area contributed by atoms with Gasteiger partial charge in [0.1, 0.15) is 5.75 Å². The molecule has 1 aliphatic heterocycles. The van der Waals surface area contributed by atoms with E-state index in [-0.39, 0.29) is 0 Å². The third kappa shape index (κ3) is 4.47. The minimum atomic E-state index is 0.647. The molecule has 1 saturated heterocycles. The molecule has 0 amide bonds. The SMILES string of the molecule is COCCNCC1CCCN1Cc1ccc(OC)cc1. The molecule has 0 bridgehead atoms. The fourth-order valence-electron chi connectivity index (χ4n) is 2.74. The van der Waals surface area contributed by atoms with Crippen LogP contribution in [0.5, 0.6) is 5.75 Å². The van der Waals surface area contributed by atoms with Crippen molar-refractivity contribution in [3.05, 3.63) is 29.8 Å². The van der Waals surface area contributed by atoms with E-state index in [1.165, 1.54) is 24.9 Å². The molecular formula is C16H26N2O2. The maximum atomic E-state index is 5.20. The average molecular weight is 278 g/mol. The van der Waals surface area contributed by atoms with Crippen molar-refractivity contribution in [2.45, 2.75) is 25.4 Å². The molecule has 112 valence electrons. The van der Waals surface area contributed by atoms with Crippen LogP contribution in [0.15, 0.2) is 24.3 Å². The molecule has 1 heterocycles. The summed E-state index contributed by atoms with van der Waals surface area (Å²) in [6, 6.07) is 9.04. The van der Waals surface area contributed by atoms with Crippen LogP contribution < -0.4 is 10.1 Å². The van der Waals surface area contributed by atoms with Gasteiger partial charge in [-0.25, -0.2) is 0 Å². The molecule has 4 nitrogen and oxygen atoms in total. The van der Waals surface area contributed by atoms with Gasteiger partial charge in [0.05, 0.1) is 13.7 Å². The first kappa shape index (κ1) is 15.3. The summed E-state index contributed by atoms with van der Waals surface area (Å²) in [5.74, 6) is 0.924. The van der Waals surface area contributed by atoms with Crippen molar-refractivity contribution in [2.75, 3.05) is 40.5 Å². The Labute approximate surface area is 122 Å². The van der Waals surface area contributed by atoms with Crippen molar-refractivity contribution in [1.29, 1.82) is 0 Å². The Hall–Kier alpha value is -1.10. The van der Waals surface area contributed by atoms with E-state index < -0.39 is 0 Å². The van der Waals surface area contributed by atoms with Gasteiger partial charge >= 0.3 is 0 Å². The lowest BCUT2D eigenvalue weighted by atomic mass is 10.1. The molecule has 0 aromatic heterocycles. The van der Waals surface area contributed by atoms with Crippen molar-refractivity contribution < 1.29 is 9.47 Å². The highest BCUT2D eigenvalue weighted by Crippen LogP contribution is 2.20. The van der Waals surface area contributed by atoms with Gasteiger partial charge in [0.15, 0.2) is 0 Å². The molecule has 1 aliphatic rings. The van der Waals surface area contributed by atoms with Crippen LogP contribution in [0, 0.1) is 0 Å². The van der Waals surface area contributed by atoms with Gasteiger partial charge in [0.25, 0.3) is 0 Å².